The average Bonchev–Trinajstić information content (AvgIpc) is 2.26. The van der Waals surface area contributed by atoms with Crippen molar-refractivity contribution >= 4 is 0 Å². The zero-order chi connectivity index (χ0) is 13.8. The van der Waals surface area contributed by atoms with E-state index in [1.807, 2.05) is 0 Å². The van der Waals surface area contributed by atoms with Crippen LogP contribution in [0.1, 0.15) is 26.7 Å². The lowest BCUT2D eigenvalue weighted by Gasteiger charge is -2.18. The van der Waals surface area contributed by atoms with Crippen molar-refractivity contribution in [3.63, 3.8) is 0 Å². The second kappa shape index (κ2) is 11.9. The van der Waals surface area contributed by atoms with E-state index in [9.17, 15) is 0 Å². The van der Waals surface area contributed by atoms with E-state index < -0.39 is 0 Å². The van der Waals surface area contributed by atoms with Crippen LogP contribution in [0.25, 0.3) is 0 Å². The minimum atomic E-state index is 0.354. The highest BCUT2D eigenvalue weighted by Gasteiger charge is 1.98. The molecule has 0 spiro atoms. The lowest BCUT2D eigenvalue weighted by Crippen LogP contribution is -2.31. The number of rotatable bonds is 12. The van der Waals surface area contributed by atoms with Crippen LogP contribution in [0, 0.1) is 0 Å². The van der Waals surface area contributed by atoms with Gasteiger partial charge < -0.3 is 19.9 Å². The first-order valence-corrected chi connectivity index (χ1v) is 7.18. The molecule has 0 aliphatic heterocycles. The van der Waals surface area contributed by atoms with Crippen LogP contribution in [0.2, 0.25) is 0 Å². The number of ether oxygens (including phenoxy) is 1. The van der Waals surface area contributed by atoms with E-state index in [1.165, 1.54) is 19.5 Å². The Kier molecular flexibility index (Phi) is 11.8. The minimum absolute atomic E-state index is 0.354. The van der Waals surface area contributed by atoms with Crippen molar-refractivity contribution in [3.05, 3.63) is 0 Å². The van der Waals surface area contributed by atoms with Gasteiger partial charge in [0, 0.05) is 19.7 Å². The molecule has 0 aromatic rings. The van der Waals surface area contributed by atoms with Crippen LogP contribution in [0.4, 0.5) is 0 Å². The molecule has 0 heterocycles. The van der Waals surface area contributed by atoms with E-state index in [0.717, 1.165) is 32.7 Å². The lowest BCUT2D eigenvalue weighted by molar-refractivity contribution is 0.0770. The quantitative estimate of drug-likeness (QED) is 0.534. The summed E-state index contributed by atoms with van der Waals surface area (Å²) in [5.41, 5.74) is 0. The van der Waals surface area contributed by atoms with Crippen molar-refractivity contribution in [3.8, 4) is 0 Å². The molecule has 0 aromatic carbocycles. The first-order valence-electron chi connectivity index (χ1n) is 7.18. The number of hydrogen-bond donors (Lipinski definition) is 1. The fourth-order valence-corrected chi connectivity index (χ4v) is 1.68. The molecule has 4 nitrogen and oxygen atoms in total. The Bertz CT molecular complexity index is 174. The Morgan fingerprint density at radius 1 is 0.944 bits per heavy atom. The van der Waals surface area contributed by atoms with Crippen LogP contribution in [0.5, 0.6) is 0 Å². The Balaban J connectivity index is 3.17. The molecule has 0 fully saturated rings. The fourth-order valence-electron chi connectivity index (χ4n) is 1.68. The maximum Gasteiger partial charge on any atom is 0.0518 e. The van der Waals surface area contributed by atoms with Gasteiger partial charge in [-0.15, -0.1) is 0 Å². The van der Waals surface area contributed by atoms with Gasteiger partial charge in [0.15, 0.2) is 0 Å². The maximum absolute atomic E-state index is 5.49. The van der Waals surface area contributed by atoms with Gasteiger partial charge in [0.05, 0.1) is 6.10 Å². The molecule has 0 amide bonds. The first-order chi connectivity index (χ1) is 8.52. The Morgan fingerprint density at radius 3 is 2.28 bits per heavy atom. The van der Waals surface area contributed by atoms with Gasteiger partial charge in [-0.05, 0) is 67.5 Å². The molecule has 0 atom stereocenters. The first kappa shape index (κ1) is 17.8. The van der Waals surface area contributed by atoms with Crippen molar-refractivity contribution in [2.24, 2.45) is 0 Å². The summed E-state index contributed by atoms with van der Waals surface area (Å²) in [6.45, 7) is 10.6. The van der Waals surface area contributed by atoms with Crippen molar-refractivity contribution in [2.45, 2.75) is 32.8 Å². The highest BCUT2D eigenvalue weighted by Crippen LogP contribution is 1.90. The SMILES string of the molecule is CC(C)OCCCNCCN(C)CCCN(C)C. The number of nitrogens with one attached hydrogen (secondary N) is 1. The second-order valence-electron chi connectivity index (χ2n) is 5.48. The predicted molar refractivity (Wildman–Crippen MR) is 79.2 cm³/mol. The molecule has 0 bridgehead atoms. The van der Waals surface area contributed by atoms with Gasteiger partial charge in [-0.25, -0.2) is 0 Å². The molecule has 0 rings (SSSR count). The Morgan fingerprint density at radius 2 is 1.67 bits per heavy atom. The Hall–Kier alpha value is -0.160. The molecule has 0 aliphatic rings. The standard InChI is InChI=1S/C14H33N3O/c1-14(2)18-13-6-8-15-9-12-17(5)11-7-10-16(3)4/h14-15H,6-13H2,1-5H3. The molecule has 110 valence electrons. The van der Waals surface area contributed by atoms with Crippen LogP contribution in [0.3, 0.4) is 0 Å². The molecule has 18 heavy (non-hydrogen) atoms. The van der Waals surface area contributed by atoms with Crippen LogP contribution < -0.4 is 5.32 Å². The summed E-state index contributed by atoms with van der Waals surface area (Å²) in [5, 5.41) is 3.46. The Labute approximate surface area is 114 Å². The normalized spacial score (nSPS) is 12.0. The molecular formula is C14H33N3O. The van der Waals surface area contributed by atoms with Crippen LogP contribution >= 0.6 is 0 Å². The average molecular weight is 259 g/mol. The van der Waals surface area contributed by atoms with Gasteiger partial charge in [0.1, 0.15) is 0 Å². The van der Waals surface area contributed by atoms with Gasteiger partial charge in [-0.1, -0.05) is 0 Å². The topological polar surface area (TPSA) is 27.7 Å². The number of hydrogen-bond acceptors (Lipinski definition) is 4. The van der Waals surface area contributed by atoms with E-state index in [0.29, 0.717) is 6.10 Å². The zero-order valence-corrected chi connectivity index (χ0v) is 13.0. The molecule has 0 unspecified atom stereocenters. The van der Waals surface area contributed by atoms with E-state index in [4.69, 9.17) is 4.74 Å². The van der Waals surface area contributed by atoms with Gasteiger partial charge in [0.2, 0.25) is 0 Å². The second-order valence-corrected chi connectivity index (χ2v) is 5.48. The largest absolute Gasteiger partial charge is 0.379 e. The predicted octanol–water partition coefficient (Wildman–Crippen LogP) is 1.27. The number of likely N-dealkylation sites (N-methyl/N-ethyl adjacent to an activating group) is 1. The molecule has 0 aromatic heterocycles. The maximum atomic E-state index is 5.49. The lowest BCUT2D eigenvalue weighted by atomic mass is 10.3. The van der Waals surface area contributed by atoms with Gasteiger partial charge in [0.25, 0.3) is 0 Å². The van der Waals surface area contributed by atoms with Gasteiger partial charge in [-0.3, -0.25) is 0 Å². The highest BCUT2D eigenvalue weighted by molar-refractivity contribution is 4.56. The zero-order valence-electron chi connectivity index (χ0n) is 13.0. The third-order valence-corrected chi connectivity index (χ3v) is 2.76. The van der Waals surface area contributed by atoms with E-state index >= 15 is 0 Å². The summed E-state index contributed by atoms with van der Waals surface area (Å²) in [6, 6.07) is 0. The van der Waals surface area contributed by atoms with Crippen molar-refractivity contribution in [1.29, 1.82) is 0 Å². The summed E-state index contributed by atoms with van der Waals surface area (Å²) < 4.78 is 5.49. The van der Waals surface area contributed by atoms with Crippen LogP contribution in [0.15, 0.2) is 0 Å². The van der Waals surface area contributed by atoms with Crippen molar-refractivity contribution < 1.29 is 4.74 Å². The summed E-state index contributed by atoms with van der Waals surface area (Å²) in [7, 11) is 6.45. The fraction of sp³-hybridized carbons (Fsp3) is 1.00. The third-order valence-electron chi connectivity index (χ3n) is 2.76. The molecular weight excluding hydrogens is 226 g/mol. The molecule has 0 radical (unpaired) electrons. The molecule has 0 saturated carbocycles. The van der Waals surface area contributed by atoms with E-state index in [-0.39, 0.29) is 0 Å². The molecule has 4 heteroatoms. The summed E-state index contributed by atoms with van der Waals surface area (Å²) in [5.74, 6) is 0. The highest BCUT2D eigenvalue weighted by atomic mass is 16.5. The number of nitrogens with zero attached hydrogens (tertiary/aromatic N) is 2. The molecule has 0 aliphatic carbocycles. The van der Waals surface area contributed by atoms with Gasteiger partial charge in [-0.2, -0.15) is 0 Å². The minimum Gasteiger partial charge on any atom is -0.379 e. The van der Waals surface area contributed by atoms with Crippen molar-refractivity contribution in [2.75, 3.05) is 60.5 Å². The van der Waals surface area contributed by atoms with E-state index in [2.05, 4.69) is 50.1 Å². The molecule has 0 saturated heterocycles. The molecule has 1 N–H and O–H groups in total. The summed E-state index contributed by atoms with van der Waals surface area (Å²) in [4.78, 5) is 4.63. The monoisotopic (exact) mass is 259 g/mol. The van der Waals surface area contributed by atoms with Crippen LogP contribution in [-0.4, -0.2) is 76.4 Å². The smallest absolute Gasteiger partial charge is 0.0518 e. The van der Waals surface area contributed by atoms with Crippen molar-refractivity contribution in [1.82, 2.24) is 15.1 Å². The third kappa shape index (κ3) is 13.9. The summed E-state index contributed by atoms with van der Waals surface area (Å²) in [6.07, 6.45) is 2.70. The van der Waals surface area contributed by atoms with Gasteiger partial charge >= 0.3 is 0 Å². The van der Waals surface area contributed by atoms with E-state index in [1.54, 1.807) is 0 Å². The summed E-state index contributed by atoms with van der Waals surface area (Å²) >= 11 is 0. The van der Waals surface area contributed by atoms with Crippen LogP contribution in [-0.2, 0) is 4.74 Å².